The summed E-state index contributed by atoms with van der Waals surface area (Å²) in [6.07, 6.45) is 0. The zero-order chi connectivity index (χ0) is 22.9. The molecule has 0 aliphatic heterocycles. The van der Waals surface area contributed by atoms with E-state index in [1.54, 1.807) is 12.1 Å². The van der Waals surface area contributed by atoms with E-state index in [2.05, 4.69) is 10.6 Å². The molecule has 0 radical (unpaired) electrons. The number of anilines is 3. The van der Waals surface area contributed by atoms with Gasteiger partial charge in [-0.2, -0.15) is 0 Å². The molecule has 0 atom stereocenters. The number of para-hydroxylation sites is 2. The first-order valence-electron chi connectivity index (χ1n) is 10.9. The SMILES string of the molecule is CCOc1cc(C(=O)Nc2ccccc2Nc2ccc(C)cc2)cc(OCC)c1OCC. The van der Waals surface area contributed by atoms with Crippen LogP contribution in [0.5, 0.6) is 17.2 Å². The van der Waals surface area contributed by atoms with E-state index in [1.165, 1.54) is 5.56 Å². The molecule has 1 amide bonds. The van der Waals surface area contributed by atoms with Crippen molar-refractivity contribution in [1.82, 2.24) is 0 Å². The molecule has 0 saturated carbocycles. The lowest BCUT2D eigenvalue weighted by molar-refractivity contribution is 0.102. The lowest BCUT2D eigenvalue weighted by atomic mass is 10.1. The zero-order valence-corrected chi connectivity index (χ0v) is 19.0. The molecule has 0 aliphatic carbocycles. The lowest BCUT2D eigenvalue weighted by Crippen LogP contribution is -2.14. The maximum Gasteiger partial charge on any atom is 0.255 e. The molecule has 6 nitrogen and oxygen atoms in total. The molecule has 0 aromatic heterocycles. The minimum Gasteiger partial charge on any atom is -0.490 e. The third-order valence-corrected chi connectivity index (χ3v) is 4.68. The number of hydrogen-bond donors (Lipinski definition) is 2. The number of benzene rings is 3. The maximum absolute atomic E-state index is 13.2. The van der Waals surface area contributed by atoms with Crippen LogP contribution in [-0.2, 0) is 0 Å². The topological polar surface area (TPSA) is 68.8 Å². The Hall–Kier alpha value is -3.67. The fourth-order valence-corrected chi connectivity index (χ4v) is 3.21. The summed E-state index contributed by atoms with van der Waals surface area (Å²) in [7, 11) is 0. The second-order valence-corrected chi connectivity index (χ2v) is 7.09. The van der Waals surface area contributed by atoms with E-state index in [9.17, 15) is 4.79 Å². The van der Waals surface area contributed by atoms with Crippen molar-refractivity contribution in [3.63, 3.8) is 0 Å². The van der Waals surface area contributed by atoms with Crippen LogP contribution in [0.2, 0.25) is 0 Å². The normalized spacial score (nSPS) is 10.4. The highest BCUT2D eigenvalue weighted by atomic mass is 16.5. The highest BCUT2D eigenvalue weighted by Gasteiger charge is 2.19. The van der Waals surface area contributed by atoms with Crippen LogP contribution in [0, 0.1) is 6.92 Å². The van der Waals surface area contributed by atoms with Gasteiger partial charge in [0.25, 0.3) is 5.91 Å². The molecule has 32 heavy (non-hydrogen) atoms. The van der Waals surface area contributed by atoms with Crippen molar-refractivity contribution in [3.05, 3.63) is 71.8 Å². The molecule has 3 aromatic carbocycles. The molecular formula is C26H30N2O4. The van der Waals surface area contributed by atoms with E-state index >= 15 is 0 Å². The number of rotatable bonds is 10. The molecule has 0 spiro atoms. The molecule has 6 heteroatoms. The molecule has 0 aliphatic rings. The Bertz CT molecular complexity index is 1020. The monoisotopic (exact) mass is 434 g/mol. The molecule has 0 heterocycles. The third kappa shape index (κ3) is 5.72. The first kappa shape index (κ1) is 23.0. The van der Waals surface area contributed by atoms with Gasteiger partial charge in [-0.15, -0.1) is 0 Å². The first-order chi connectivity index (χ1) is 15.5. The van der Waals surface area contributed by atoms with E-state index in [0.29, 0.717) is 48.3 Å². The summed E-state index contributed by atoms with van der Waals surface area (Å²) in [5.74, 6) is 1.20. The highest BCUT2D eigenvalue weighted by Crippen LogP contribution is 2.39. The van der Waals surface area contributed by atoms with Gasteiger partial charge in [-0.1, -0.05) is 29.8 Å². The Morgan fingerprint density at radius 1 is 0.781 bits per heavy atom. The molecule has 0 unspecified atom stereocenters. The second kappa shape index (κ2) is 11.1. The summed E-state index contributed by atoms with van der Waals surface area (Å²) in [5.41, 5.74) is 4.01. The number of hydrogen-bond acceptors (Lipinski definition) is 5. The third-order valence-electron chi connectivity index (χ3n) is 4.68. The molecular weight excluding hydrogens is 404 g/mol. The molecule has 3 rings (SSSR count). The standard InChI is InChI=1S/C26H30N2O4/c1-5-30-23-16-19(17-24(31-6-2)25(23)32-7-3)26(29)28-22-11-9-8-10-21(22)27-20-14-12-18(4)13-15-20/h8-17,27H,5-7H2,1-4H3,(H,28,29). The number of aryl methyl sites for hydroxylation is 1. The summed E-state index contributed by atoms with van der Waals surface area (Å²) < 4.78 is 17.2. The van der Waals surface area contributed by atoms with Gasteiger partial charge in [-0.25, -0.2) is 0 Å². The van der Waals surface area contributed by atoms with Gasteiger partial charge in [0.15, 0.2) is 11.5 Å². The van der Waals surface area contributed by atoms with Crippen molar-refractivity contribution in [3.8, 4) is 17.2 Å². The highest BCUT2D eigenvalue weighted by molar-refractivity contribution is 6.06. The van der Waals surface area contributed by atoms with Crippen LogP contribution < -0.4 is 24.8 Å². The van der Waals surface area contributed by atoms with Crippen LogP contribution in [0.3, 0.4) is 0 Å². The second-order valence-electron chi connectivity index (χ2n) is 7.09. The average molecular weight is 435 g/mol. The predicted octanol–water partition coefficient (Wildman–Crippen LogP) is 6.19. The molecule has 0 saturated heterocycles. The van der Waals surface area contributed by atoms with Gasteiger partial charge < -0.3 is 24.8 Å². The van der Waals surface area contributed by atoms with Crippen molar-refractivity contribution in [1.29, 1.82) is 0 Å². The smallest absolute Gasteiger partial charge is 0.255 e. The van der Waals surface area contributed by atoms with Crippen LogP contribution in [0.15, 0.2) is 60.7 Å². The first-order valence-corrected chi connectivity index (χ1v) is 10.9. The summed E-state index contributed by atoms with van der Waals surface area (Å²) in [6.45, 7) is 9.06. The number of carbonyl (C=O) groups excluding carboxylic acids is 1. The van der Waals surface area contributed by atoms with Crippen molar-refractivity contribution >= 4 is 23.0 Å². The zero-order valence-electron chi connectivity index (χ0n) is 19.0. The van der Waals surface area contributed by atoms with Gasteiger partial charge in [0, 0.05) is 11.3 Å². The van der Waals surface area contributed by atoms with Crippen molar-refractivity contribution in [2.45, 2.75) is 27.7 Å². The van der Waals surface area contributed by atoms with E-state index < -0.39 is 0 Å². The predicted molar refractivity (Wildman–Crippen MR) is 129 cm³/mol. The van der Waals surface area contributed by atoms with E-state index in [0.717, 1.165) is 11.4 Å². The fourth-order valence-electron chi connectivity index (χ4n) is 3.21. The van der Waals surface area contributed by atoms with E-state index in [-0.39, 0.29) is 5.91 Å². The van der Waals surface area contributed by atoms with Crippen molar-refractivity contribution in [2.75, 3.05) is 30.5 Å². The van der Waals surface area contributed by atoms with Gasteiger partial charge in [0.1, 0.15) is 0 Å². The van der Waals surface area contributed by atoms with E-state index in [1.807, 2.05) is 76.2 Å². The molecule has 0 bridgehead atoms. The Labute approximate surface area is 189 Å². The van der Waals surface area contributed by atoms with Gasteiger partial charge in [0.05, 0.1) is 31.2 Å². The lowest BCUT2D eigenvalue weighted by Gasteiger charge is -2.18. The number of ether oxygens (including phenoxy) is 3. The molecule has 0 fully saturated rings. The van der Waals surface area contributed by atoms with Crippen LogP contribution in [-0.4, -0.2) is 25.7 Å². The number of amides is 1. The maximum atomic E-state index is 13.2. The number of nitrogens with one attached hydrogen (secondary N) is 2. The number of carbonyl (C=O) groups is 1. The summed E-state index contributed by atoms with van der Waals surface area (Å²) >= 11 is 0. The summed E-state index contributed by atoms with van der Waals surface area (Å²) in [6, 6.07) is 19.0. The average Bonchev–Trinajstić information content (AvgIpc) is 2.79. The van der Waals surface area contributed by atoms with Crippen LogP contribution in [0.1, 0.15) is 36.7 Å². The summed E-state index contributed by atoms with van der Waals surface area (Å²) in [4.78, 5) is 13.2. The molecule has 3 aromatic rings. The minimum atomic E-state index is -0.270. The van der Waals surface area contributed by atoms with Crippen LogP contribution >= 0.6 is 0 Å². The van der Waals surface area contributed by atoms with Crippen LogP contribution in [0.4, 0.5) is 17.1 Å². The quantitative estimate of drug-likeness (QED) is 0.398. The van der Waals surface area contributed by atoms with Gasteiger partial charge >= 0.3 is 0 Å². The van der Waals surface area contributed by atoms with E-state index in [4.69, 9.17) is 14.2 Å². The molecule has 2 N–H and O–H groups in total. The minimum absolute atomic E-state index is 0.270. The van der Waals surface area contributed by atoms with Crippen LogP contribution in [0.25, 0.3) is 0 Å². The van der Waals surface area contributed by atoms with Gasteiger partial charge in [0.2, 0.25) is 5.75 Å². The van der Waals surface area contributed by atoms with Crippen molar-refractivity contribution in [2.24, 2.45) is 0 Å². The molecule has 168 valence electrons. The van der Waals surface area contributed by atoms with Gasteiger partial charge in [-0.3, -0.25) is 4.79 Å². The fraction of sp³-hybridized carbons (Fsp3) is 0.269. The van der Waals surface area contributed by atoms with Gasteiger partial charge in [-0.05, 0) is 64.1 Å². The Balaban J connectivity index is 1.89. The van der Waals surface area contributed by atoms with Crippen molar-refractivity contribution < 1.29 is 19.0 Å². The largest absolute Gasteiger partial charge is 0.490 e. The summed E-state index contributed by atoms with van der Waals surface area (Å²) in [5, 5.41) is 6.36. The Morgan fingerprint density at radius 2 is 1.34 bits per heavy atom. The Kier molecular flexibility index (Phi) is 7.97. The Morgan fingerprint density at radius 3 is 1.91 bits per heavy atom.